The predicted molar refractivity (Wildman–Crippen MR) is 88.4 cm³/mol. The molecule has 6 heteroatoms. The smallest absolute Gasteiger partial charge is 0.317 e. The maximum atomic E-state index is 12.5. The van der Waals surface area contributed by atoms with Crippen LogP contribution in [-0.2, 0) is 9.47 Å². The fourth-order valence-electron chi connectivity index (χ4n) is 3.60. The molecular formula is C16H28N2O3S. The third kappa shape index (κ3) is 3.89. The molecule has 22 heavy (non-hydrogen) atoms. The fraction of sp³-hybridized carbons (Fsp3) is 0.938. The van der Waals surface area contributed by atoms with Crippen LogP contribution in [0.1, 0.15) is 39.5 Å². The summed E-state index contributed by atoms with van der Waals surface area (Å²) in [5.41, 5.74) is -0.0384. The van der Waals surface area contributed by atoms with Gasteiger partial charge in [-0.15, -0.1) is 0 Å². The summed E-state index contributed by atoms with van der Waals surface area (Å²) in [5, 5.41) is 3.08. The zero-order valence-electron chi connectivity index (χ0n) is 13.7. The number of hydrogen-bond donors (Lipinski definition) is 1. The number of thioether (sulfide) groups is 1. The van der Waals surface area contributed by atoms with E-state index in [0.717, 1.165) is 57.7 Å². The Morgan fingerprint density at radius 1 is 1.32 bits per heavy atom. The van der Waals surface area contributed by atoms with E-state index in [2.05, 4.69) is 19.2 Å². The number of ether oxygens (including phenoxy) is 2. The summed E-state index contributed by atoms with van der Waals surface area (Å²) in [6.45, 7) is 8.21. The molecule has 3 aliphatic rings. The van der Waals surface area contributed by atoms with Crippen LogP contribution in [-0.4, -0.2) is 66.0 Å². The van der Waals surface area contributed by atoms with Gasteiger partial charge in [0.1, 0.15) is 0 Å². The van der Waals surface area contributed by atoms with Gasteiger partial charge in [-0.25, -0.2) is 4.79 Å². The maximum absolute atomic E-state index is 12.5. The van der Waals surface area contributed by atoms with Crippen molar-refractivity contribution < 1.29 is 14.3 Å². The second-order valence-corrected chi connectivity index (χ2v) is 8.85. The molecule has 0 aromatic carbocycles. The molecule has 2 amide bonds. The van der Waals surface area contributed by atoms with Gasteiger partial charge in [0.2, 0.25) is 0 Å². The Balaban J connectivity index is 1.47. The molecule has 0 saturated carbocycles. The Kier molecular flexibility index (Phi) is 4.90. The Hall–Kier alpha value is -0.460. The average molecular weight is 328 g/mol. The lowest BCUT2D eigenvalue weighted by Gasteiger charge is -2.44. The number of nitrogens with zero attached hydrogens (tertiary/aromatic N) is 1. The van der Waals surface area contributed by atoms with Crippen molar-refractivity contribution in [3.63, 3.8) is 0 Å². The van der Waals surface area contributed by atoms with Crippen LogP contribution < -0.4 is 5.32 Å². The molecule has 3 heterocycles. The third-order valence-corrected chi connectivity index (χ3v) is 6.51. The minimum absolute atomic E-state index is 0.0384. The number of hydrogen-bond acceptors (Lipinski definition) is 4. The van der Waals surface area contributed by atoms with Crippen LogP contribution in [0.3, 0.4) is 0 Å². The van der Waals surface area contributed by atoms with Crippen LogP contribution in [0.5, 0.6) is 0 Å². The lowest BCUT2D eigenvalue weighted by Crippen LogP contribution is -2.54. The summed E-state index contributed by atoms with van der Waals surface area (Å²) in [4.78, 5) is 14.4. The lowest BCUT2D eigenvalue weighted by atomic mass is 9.98. The van der Waals surface area contributed by atoms with E-state index in [4.69, 9.17) is 9.47 Å². The van der Waals surface area contributed by atoms with Gasteiger partial charge in [-0.1, -0.05) is 0 Å². The highest BCUT2D eigenvalue weighted by Gasteiger charge is 2.39. The van der Waals surface area contributed by atoms with E-state index in [9.17, 15) is 4.79 Å². The molecule has 0 aromatic rings. The van der Waals surface area contributed by atoms with E-state index in [1.54, 1.807) is 0 Å². The first-order chi connectivity index (χ1) is 10.5. The molecule has 1 N–H and O–H groups in total. The van der Waals surface area contributed by atoms with Crippen molar-refractivity contribution in [2.75, 3.05) is 38.6 Å². The predicted octanol–water partition coefficient (Wildman–Crippen LogP) is 2.25. The van der Waals surface area contributed by atoms with Gasteiger partial charge < -0.3 is 19.7 Å². The van der Waals surface area contributed by atoms with Gasteiger partial charge in [0.05, 0.1) is 11.7 Å². The van der Waals surface area contributed by atoms with E-state index < -0.39 is 0 Å². The average Bonchev–Trinajstić information content (AvgIpc) is 2.85. The molecule has 5 nitrogen and oxygen atoms in total. The van der Waals surface area contributed by atoms with Gasteiger partial charge in [-0.3, -0.25) is 0 Å². The summed E-state index contributed by atoms with van der Waals surface area (Å²) in [6.07, 6.45) is 4.37. The van der Waals surface area contributed by atoms with Crippen molar-refractivity contribution >= 4 is 17.8 Å². The Bertz CT molecular complexity index is 405. The highest BCUT2D eigenvalue weighted by molar-refractivity contribution is 8.00. The van der Waals surface area contributed by atoms with E-state index in [1.165, 1.54) is 0 Å². The van der Waals surface area contributed by atoms with Crippen LogP contribution in [0.2, 0.25) is 0 Å². The van der Waals surface area contributed by atoms with Gasteiger partial charge in [0.25, 0.3) is 0 Å². The molecule has 3 aliphatic heterocycles. The van der Waals surface area contributed by atoms with E-state index in [0.29, 0.717) is 6.54 Å². The van der Waals surface area contributed by atoms with Gasteiger partial charge in [-0.05, 0) is 39.5 Å². The van der Waals surface area contributed by atoms with Crippen LogP contribution >= 0.6 is 11.8 Å². The van der Waals surface area contributed by atoms with Crippen molar-refractivity contribution in [3.05, 3.63) is 0 Å². The molecule has 0 aliphatic carbocycles. The summed E-state index contributed by atoms with van der Waals surface area (Å²) in [6, 6.07) is 0.0690. The zero-order chi connectivity index (χ0) is 15.6. The van der Waals surface area contributed by atoms with Crippen molar-refractivity contribution in [2.24, 2.45) is 0 Å². The minimum Gasteiger partial charge on any atom is -0.381 e. The molecule has 3 saturated heterocycles. The van der Waals surface area contributed by atoms with Crippen LogP contribution in [0, 0.1) is 0 Å². The molecule has 1 spiro atoms. The zero-order valence-corrected chi connectivity index (χ0v) is 14.5. The highest BCUT2D eigenvalue weighted by Crippen LogP contribution is 2.39. The first-order valence-electron chi connectivity index (χ1n) is 8.40. The molecule has 1 atom stereocenters. The minimum atomic E-state index is -0.0384. The van der Waals surface area contributed by atoms with Gasteiger partial charge >= 0.3 is 6.03 Å². The molecule has 0 unspecified atom stereocenters. The standard InChI is InChI=1S/C16H28N2O3S/c1-15(2)4-3-13(21-15)11-17-14(19)18-7-10-22-16(12-18)5-8-20-9-6-16/h13H,3-12H2,1-2H3,(H,17,19)/t13-/m0/s1. The number of carbonyl (C=O) groups excluding carboxylic acids is 1. The van der Waals surface area contributed by atoms with Crippen molar-refractivity contribution in [3.8, 4) is 0 Å². The molecule has 3 rings (SSSR count). The first kappa shape index (κ1) is 16.4. The summed E-state index contributed by atoms with van der Waals surface area (Å²) >= 11 is 2.02. The molecular weight excluding hydrogens is 300 g/mol. The number of carbonyl (C=O) groups is 1. The molecule has 0 bridgehead atoms. The number of nitrogens with one attached hydrogen (secondary N) is 1. The molecule has 0 aromatic heterocycles. The van der Waals surface area contributed by atoms with Crippen molar-refractivity contribution in [2.45, 2.75) is 56.0 Å². The largest absolute Gasteiger partial charge is 0.381 e. The molecule has 3 fully saturated rings. The Morgan fingerprint density at radius 3 is 2.77 bits per heavy atom. The van der Waals surface area contributed by atoms with Crippen LogP contribution in [0.25, 0.3) is 0 Å². The summed E-state index contributed by atoms with van der Waals surface area (Å²) in [5.74, 6) is 1.03. The first-order valence-corrected chi connectivity index (χ1v) is 9.39. The van der Waals surface area contributed by atoms with Gasteiger partial charge in [-0.2, -0.15) is 11.8 Å². The SMILES string of the molecule is CC1(C)CC[C@@H](CNC(=O)N2CCSC3(CCOCC3)C2)O1. The Labute approximate surface area is 137 Å². The second-order valence-electron chi connectivity index (χ2n) is 7.29. The maximum Gasteiger partial charge on any atom is 0.317 e. The Morgan fingerprint density at radius 2 is 2.09 bits per heavy atom. The van der Waals surface area contributed by atoms with Gasteiger partial charge in [0.15, 0.2) is 0 Å². The second kappa shape index (κ2) is 6.57. The van der Waals surface area contributed by atoms with Crippen LogP contribution in [0.15, 0.2) is 0 Å². The van der Waals surface area contributed by atoms with E-state index in [1.807, 2.05) is 16.7 Å². The highest BCUT2D eigenvalue weighted by atomic mass is 32.2. The summed E-state index contributed by atoms with van der Waals surface area (Å²) < 4.78 is 11.6. The molecule has 0 radical (unpaired) electrons. The monoisotopic (exact) mass is 328 g/mol. The molecule has 126 valence electrons. The van der Waals surface area contributed by atoms with E-state index >= 15 is 0 Å². The van der Waals surface area contributed by atoms with Crippen LogP contribution in [0.4, 0.5) is 4.79 Å². The topological polar surface area (TPSA) is 50.8 Å². The lowest BCUT2D eigenvalue weighted by molar-refractivity contribution is -0.0136. The number of rotatable bonds is 2. The normalized spacial score (nSPS) is 30.5. The van der Waals surface area contributed by atoms with E-state index in [-0.39, 0.29) is 22.5 Å². The number of amides is 2. The van der Waals surface area contributed by atoms with Crippen molar-refractivity contribution in [1.82, 2.24) is 10.2 Å². The quantitative estimate of drug-likeness (QED) is 0.845. The summed E-state index contributed by atoms with van der Waals surface area (Å²) in [7, 11) is 0. The van der Waals surface area contributed by atoms with Gasteiger partial charge in [0, 0.05) is 43.3 Å². The fourth-order valence-corrected chi connectivity index (χ4v) is 5.05. The number of urea groups is 1. The van der Waals surface area contributed by atoms with Crippen molar-refractivity contribution in [1.29, 1.82) is 0 Å². The third-order valence-electron chi connectivity index (χ3n) is 4.97.